The van der Waals surface area contributed by atoms with Gasteiger partial charge in [0.1, 0.15) is 17.3 Å². The fraction of sp³-hybridized carbons (Fsp3) is 0.417. The van der Waals surface area contributed by atoms with Gasteiger partial charge < -0.3 is 10.1 Å². The Morgan fingerprint density at radius 1 is 1.42 bits per heavy atom. The lowest BCUT2D eigenvalue weighted by Gasteiger charge is -2.11. The molecule has 19 heavy (non-hydrogen) atoms. The zero-order chi connectivity index (χ0) is 13.8. The van der Waals surface area contributed by atoms with E-state index < -0.39 is 0 Å². The maximum absolute atomic E-state index is 13.2. The Kier molecular flexibility index (Phi) is 4.06. The normalized spacial score (nSPS) is 11.0. The van der Waals surface area contributed by atoms with Crippen molar-refractivity contribution < 1.29 is 9.13 Å². The highest BCUT2D eigenvalue weighted by atomic mass is 19.1. The summed E-state index contributed by atoms with van der Waals surface area (Å²) in [7, 11) is 1.48. The van der Waals surface area contributed by atoms with Crippen LogP contribution in [-0.2, 0) is 6.54 Å². The van der Waals surface area contributed by atoms with E-state index in [1.165, 1.54) is 23.9 Å². The summed E-state index contributed by atoms with van der Waals surface area (Å²) in [6.07, 6.45) is 0. The van der Waals surface area contributed by atoms with E-state index in [0.29, 0.717) is 29.8 Å². The van der Waals surface area contributed by atoms with Crippen molar-refractivity contribution in [3.63, 3.8) is 0 Å². The fourth-order valence-corrected chi connectivity index (χ4v) is 1.62. The SMILES string of the molecule is COc1cc(F)ccc1-n1nnnc1CNC(C)C. The number of methoxy groups -OCH3 is 1. The third kappa shape index (κ3) is 3.05. The molecule has 0 saturated carbocycles. The van der Waals surface area contributed by atoms with Crippen molar-refractivity contribution >= 4 is 0 Å². The molecule has 0 atom stereocenters. The van der Waals surface area contributed by atoms with Gasteiger partial charge in [0.2, 0.25) is 0 Å². The highest BCUT2D eigenvalue weighted by Crippen LogP contribution is 2.23. The van der Waals surface area contributed by atoms with Crippen LogP contribution in [0.2, 0.25) is 0 Å². The van der Waals surface area contributed by atoms with Gasteiger partial charge in [0.05, 0.1) is 13.7 Å². The van der Waals surface area contributed by atoms with Crippen molar-refractivity contribution in [2.75, 3.05) is 7.11 Å². The molecular formula is C12H16FN5O. The number of aromatic nitrogens is 4. The van der Waals surface area contributed by atoms with Crippen LogP contribution in [0, 0.1) is 5.82 Å². The third-order valence-electron chi connectivity index (χ3n) is 2.57. The van der Waals surface area contributed by atoms with Crippen LogP contribution >= 0.6 is 0 Å². The van der Waals surface area contributed by atoms with E-state index in [-0.39, 0.29) is 5.82 Å². The molecule has 102 valence electrons. The zero-order valence-corrected chi connectivity index (χ0v) is 11.1. The molecule has 0 aliphatic rings. The van der Waals surface area contributed by atoms with Crippen molar-refractivity contribution in [2.45, 2.75) is 26.4 Å². The predicted molar refractivity (Wildman–Crippen MR) is 67.6 cm³/mol. The first-order chi connectivity index (χ1) is 9.11. The molecule has 1 heterocycles. The van der Waals surface area contributed by atoms with Crippen molar-refractivity contribution in [3.05, 3.63) is 29.8 Å². The summed E-state index contributed by atoms with van der Waals surface area (Å²) in [5.41, 5.74) is 0.606. The summed E-state index contributed by atoms with van der Waals surface area (Å²) < 4.78 is 19.9. The largest absolute Gasteiger partial charge is 0.494 e. The van der Waals surface area contributed by atoms with Crippen LogP contribution in [0.1, 0.15) is 19.7 Å². The Hall–Kier alpha value is -2.02. The maximum atomic E-state index is 13.2. The average molecular weight is 265 g/mol. The van der Waals surface area contributed by atoms with Crippen LogP contribution in [0.25, 0.3) is 5.69 Å². The smallest absolute Gasteiger partial charge is 0.170 e. The minimum absolute atomic E-state index is 0.320. The van der Waals surface area contributed by atoms with Gasteiger partial charge in [-0.25, -0.2) is 4.39 Å². The zero-order valence-electron chi connectivity index (χ0n) is 11.1. The third-order valence-corrected chi connectivity index (χ3v) is 2.57. The van der Waals surface area contributed by atoms with Crippen LogP contribution < -0.4 is 10.1 Å². The minimum atomic E-state index is -0.365. The Labute approximate surface area is 110 Å². The summed E-state index contributed by atoms with van der Waals surface area (Å²) in [5.74, 6) is 0.659. The van der Waals surface area contributed by atoms with Gasteiger partial charge in [-0.3, -0.25) is 0 Å². The van der Waals surface area contributed by atoms with Crippen molar-refractivity contribution in [1.29, 1.82) is 0 Å². The summed E-state index contributed by atoms with van der Waals surface area (Å²) in [4.78, 5) is 0. The second kappa shape index (κ2) is 5.75. The molecule has 7 heteroatoms. The lowest BCUT2D eigenvalue weighted by Crippen LogP contribution is -2.24. The molecule has 2 rings (SSSR count). The van der Waals surface area contributed by atoms with Gasteiger partial charge in [-0.2, -0.15) is 4.68 Å². The lowest BCUT2D eigenvalue weighted by molar-refractivity contribution is 0.407. The van der Waals surface area contributed by atoms with E-state index in [1.807, 2.05) is 13.8 Å². The Morgan fingerprint density at radius 2 is 2.21 bits per heavy atom. The number of ether oxygens (including phenoxy) is 1. The van der Waals surface area contributed by atoms with Gasteiger partial charge in [-0.05, 0) is 22.6 Å². The van der Waals surface area contributed by atoms with Crippen LogP contribution in [0.3, 0.4) is 0 Å². The van der Waals surface area contributed by atoms with Crippen LogP contribution in [0.4, 0.5) is 4.39 Å². The molecule has 0 aliphatic carbocycles. The molecule has 1 aromatic carbocycles. The average Bonchev–Trinajstić information content (AvgIpc) is 2.84. The van der Waals surface area contributed by atoms with Crippen LogP contribution in [0.15, 0.2) is 18.2 Å². The number of hydrogen-bond acceptors (Lipinski definition) is 5. The van der Waals surface area contributed by atoms with E-state index >= 15 is 0 Å². The molecule has 0 amide bonds. The first kappa shape index (κ1) is 13.4. The first-order valence-electron chi connectivity index (χ1n) is 5.96. The topological polar surface area (TPSA) is 64.9 Å². The van der Waals surface area contributed by atoms with Crippen molar-refractivity contribution in [2.24, 2.45) is 0 Å². The number of nitrogens with one attached hydrogen (secondary N) is 1. The second-order valence-corrected chi connectivity index (χ2v) is 4.36. The summed E-state index contributed by atoms with van der Waals surface area (Å²) in [6, 6.07) is 4.56. The molecule has 0 fully saturated rings. The van der Waals surface area contributed by atoms with E-state index in [1.54, 1.807) is 6.07 Å². The van der Waals surface area contributed by atoms with Gasteiger partial charge in [-0.1, -0.05) is 13.8 Å². The molecule has 1 N–H and O–H groups in total. The number of nitrogens with zero attached hydrogens (tertiary/aromatic N) is 4. The molecule has 0 aliphatic heterocycles. The summed E-state index contributed by atoms with van der Waals surface area (Å²) in [5, 5.41) is 14.7. The number of rotatable bonds is 5. The molecule has 6 nitrogen and oxygen atoms in total. The van der Waals surface area contributed by atoms with E-state index in [0.717, 1.165) is 0 Å². The van der Waals surface area contributed by atoms with Gasteiger partial charge in [0, 0.05) is 12.1 Å². The maximum Gasteiger partial charge on any atom is 0.170 e. The lowest BCUT2D eigenvalue weighted by atomic mass is 10.3. The quantitative estimate of drug-likeness (QED) is 0.883. The second-order valence-electron chi connectivity index (χ2n) is 4.36. The Morgan fingerprint density at radius 3 is 2.89 bits per heavy atom. The molecular weight excluding hydrogens is 249 g/mol. The van der Waals surface area contributed by atoms with Gasteiger partial charge >= 0.3 is 0 Å². The van der Waals surface area contributed by atoms with Crippen molar-refractivity contribution in [3.8, 4) is 11.4 Å². The summed E-state index contributed by atoms with van der Waals surface area (Å²) >= 11 is 0. The van der Waals surface area contributed by atoms with Gasteiger partial charge in [0.25, 0.3) is 0 Å². The molecule has 1 aromatic heterocycles. The number of halogens is 1. The Bertz CT molecular complexity index is 555. The van der Waals surface area contributed by atoms with E-state index in [4.69, 9.17) is 4.74 Å². The van der Waals surface area contributed by atoms with Crippen LogP contribution in [-0.4, -0.2) is 33.4 Å². The number of tetrazole rings is 1. The van der Waals surface area contributed by atoms with Crippen LogP contribution in [0.5, 0.6) is 5.75 Å². The predicted octanol–water partition coefficient (Wildman–Crippen LogP) is 1.31. The van der Waals surface area contributed by atoms with E-state index in [2.05, 4.69) is 20.8 Å². The number of benzene rings is 1. The van der Waals surface area contributed by atoms with Crippen molar-refractivity contribution in [1.82, 2.24) is 25.5 Å². The molecule has 0 unspecified atom stereocenters. The Balaban J connectivity index is 2.34. The van der Waals surface area contributed by atoms with Gasteiger partial charge in [-0.15, -0.1) is 5.10 Å². The molecule has 2 aromatic rings. The highest BCUT2D eigenvalue weighted by molar-refractivity contribution is 5.46. The summed E-state index contributed by atoms with van der Waals surface area (Å²) in [6.45, 7) is 4.59. The molecule has 0 saturated heterocycles. The molecule has 0 bridgehead atoms. The van der Waals surface area contributed by atoms with Gasteiger partial charge in [0.15, 0.2) is 5.82 Å². The fourth-order valence-electron chi connectivity index (χ4n) is 1.62. The van der Waals surface area contributed by atoms with E-state index in [9.17, 15) is 4.39 Å². The monoisotopic (exact) mass is 265 g/mol. The minimum Gasteiger partial charge on any atom is -0.494 e. The first-order valence-corrected chi connectivity index (χ1v) is 5.96. The highest BCUT2D eigenvalue weighted by Gasteiger charge is 2.13. The number of hydrogen-bond donors (Lipinski definition) is 1. The molecule has 0 spiro atoms. The standard InChI is InChI=1S/C12H16FN5O/c1-8(2)14-7-12-15-16-17-18(12)10-5-4-9(13)6-11(10)19-3/h4-6,8,14H,7H2,1-3H3. The molecule has 0 radical (unpaired) electrons.